The third-order valence-electron chi connectivity index (χ3n) is 2.71. The molecule has 3 nitrogen and oxygen atoms in total. The zero-order chi connectivity index (χ0) is 14.7. The smallest absolute Gasteiger partial charge is 0.251 e. The van der Waals surface area contributed by atoms with Gasteiger partial charge in [0, 0.05) is 27.8 Å². The molecule has 2 rings (SSSR count). The lowest BCUT2D eigenvalue weighted by atomic mass is 10.1. The van der Waals surface area contributed by atoms with Crippen molar-refractivity contribution in [2.75, 3.05) is 5.73 Å². The van der Waals surface area contributed by atoms with Gasteiger partial charge in [-0.15, -0.1) is 0 Å². The van der Waals surface area contributed by atoms with Gasteiger partial charge >= 0.3 is 0 Å². The van der Waals surface area contributed by atoms with E-state index in [0.717, 1.165) is 18.2 Å². The molecule has 0 heterocycles. The highest BCUT2D eigenvalue weighted by Gasteiger charge is 2.09. The van der Waals surface area contributed by atoms with Crippen LogP contribution in [0, 0.1) is 11.6 Å². The Morgan fingerprint density at radius 3 is 2.65 bits per heavy atom. The average molecular weight is 341 g/mol. The van der Waals surface area contributed by atoms with Crippen molar-refractivity contribution in [2.24, 2.45) is 0 Å². The minimum absolute atomic E-state index is 0.0906. The molecule has 0 bridgehead atoms. The molecule has 3 N–H and O–H groups in total. The Morgan fingerprint density at radius 1 is 1.20 bits per heavy atom. The molecule has 0 saturated carbocycles. The predicted octanol–water partition coefficient (Wildman–Crippen LogP) is 3.24. The molecular weight excluding hydrogens is 330 g/mol. The first kappa shape index (κ1) is 14.5. The van der Waals surface area contributed by atoms with Crippen molar-refractivity contribution in [3.63, 3.8) is 0 Å². The number of anilines is 1. The van der Waals surface area contributed by atoms with Crippen LogP contribution in [-0.4, -0.2) is 5.91 Å². The Balaban J connectivity index is 2.08. The minimum Gasteiger partial charge on any atom is -0.398 e. The predicted molar refractivity (Wildman–Crippen MR) is 76.1 cm³/mol. The Bertz CT molecular complexity index is 662. The van der Waals surface area contributed by atoms with Gasteiger partial charge in [0.2, 0.25) is 0 Å². The summed E-state index contributed by atoms with van der Waals surface area (Å²) in [6.07, 6.45) is 0. The molecule has 0 aliphatic rings. The van der Waals surface area contributed by atoms with Crippen molar-refractivity contribution < 1.29 is 13.6 Å². The molecule has 1 amide bonds. The van der Waals surface area contributed by atoms with Crippen LogP contribution >= 0.6 is 15.9 Å². The van der Waals surface area contributed by atoms with Gasteiger partial charge in [0.1, 0.15) is 11.6 Å². The van der Waals surface area contributed by atoms with Crippen molar-refractivity contribution in [1.82, 2.24) is 5.32 Å². The van der Waals surface area contributed by atoms with E-state index in [1.165, 1.54) is 0 Å². The van der Waals surface area contributed by atoms with Crippen molar-refractivity contribution in [3.05, 3.63) is 63.6 Å². The lowest BCUT2D eigenvalue weighted by molar-refractivity contribution is 0.0950. The molecule has 0 atom stereocenters. The van der Waals surface area contributed by atoms with Gasteiger partial charge in [-0.25, -0.2) is 8.78 Å². The molecule has 104 valence electrons. The van der Waals surface area contributed by atoms with Gasteiger partial charge in [-0.05, 0) is 52.3 Å². The van der Waals surface area contributed by atoms with Crippen LogP contribution < -0.4 is 11.1 Å². The molecule has 0 spiro atoms. The van der Waals surface area contributed by atoms with Crippen molar-refractivity contribution in [1.29, 1.82) is 0 Å². The first-order chi connectivity index (χ1) is 9.47. The summed E-state index contributed by atoms with van der Waals surface area (Å²) >= 11 is 3.22. The Morgan fingerprint density at radius 2 is 1.95 bits per heavy atom. The third-order valence-corrected chi connectivity index (χ3v) is 3.40. The number of nitrogen functional groups attached to an aromatic ring is 1. The summed E-state index contributed by atoms with van der Waals surface area (Å²) in [6.45, 7) is -0.0928. The van der Waals surface area contributed by atoms with Crippen LogP contribution in [0.15, 0.2) is 40.9 Å². The number of nitrogens with one attached hydrogen (secondary N) is 1. The van der Waals surface area contributed by atoms with E-state index in [-0.39, 0.29) is 12.1 Å². The summed E-state index contributed by atoms with van der Waals surface area (Å²) in [5.74, 6) is -1.51. The van der Waals surface area contributed by atoms with Gasteiger partial charge in [0.25, 0.3) is 5.91 Å². The third kappa shape index (κ3) is 3.33. The molecule has 6 heteroatoms. The highest BCUT2D eigenvalue weighted by Crippen LogP contribution is 2.20. The van der Waals surface area contributed by atoms with Crippen LogP contribution in [0.1, 0.15) is 15.9 Å². The first-order valence-electron chi connectivity index (χ1n) is 5.74. The number of nitrogens with two attached hydrogens (primary N) is 1. The minimum atomic E-state index is -0.565. The number of hydrogen-bond acceptors (Lipinski definition) is 2. The SMILES string of the molecule is Nc1ccc(C(=O)NCc2cc(F)ccc2F)cc1Br. The first-order valence-corrected chi connectivity index (χ1v) is 6.54. The number of amides is 1. The van der Waals surface area contributed by atoms with E-state index in [1.54, 1.807) is 18.2 Å². The van der Waals surface area contributed by atoms with E-state index in [4.69, 9.17) is 5.73 Å². The van der Waals surface area contributed by atoms with Gasteiger partial charge in [0.15, 0.2) is 0 Å². The second-order valence-electron chi connectivity index (χ2n) is 4.15. The Hall–Kier alpha value is -1.95. The summed E-state index contributed by atoms with van der Waals surface area (Å²) < 4.78 is 27.0. The number of halogens is 3. The van der Waals surface area contributed by atoms with Crippen LogP contribution in [0.5, 0.6) is 0 Å². The van der Waals surface area contributed by atoms with Crippen LogP contribution in [0.4, 0.5) is 14.5 Å². The highest BCUT2D eigenvalue weighted by atomic mass is 79.9. The molecule has 2 aromatic carbocycles. The molecule has 0 saturated heterocycles. The summed E-state index contributed by atoms with van der Waals surface area (Å²) in [5, 5.41) is 2.52. The molecule has 0 unspecified atom stereocenters. The molecule has 0 aliphatic heterocycles. The normalized spacial score (nSPS) is 10.3. The van der Waals surface area contributed by atoms with Crippen LogP contribution in [0.25, 0.3) is 0 Å². The second kappa shape index (κ2) is 6.00. The van der Waals surface area contributed by atoms with Crippen molar-refractivity contribution in [2.45, 2.75) is 6.54 Å². The summed E-state index contributed by atoms with van der Waals surface area (Å²) in [5.41, 5.74) is 6.60. The molecule has 0 fully saturated rings. The summed E-state index contributed by atoms with van der Waals surface area (Å²) in [4.78, 5) is 11.9. The average Bonchev–Trinajstić information content (AvgIpc) is 2.42. The molecular formula is C14H11BrF2N2O. The highest BCUT2D eigenvalue weighted by molar-refractivity contribution is 9.10. The maximum atomic E-state index is 13.4. The van der Waals surface area contributed by atoms with E-state index < -0.39 is 17.5 Å². The summed E-state index contributed by atoms with van der Waals surface area (Å²) in [6, 6.07) is 7.80. The largest absolute Gasteiger partial charge is 0.398 e. The molecule has 0 radical (unpaired) electrons. The van der Waals surface area contributed by atoms with Gasteiger partial charge in [-0.1, -0.05) is 0 Å². The van der Waals surface area contributed by atoms with E-state index in [9.17, 15) is 13.6 Å². The fourth-order valence-electron chi connectivity index (χ4n) is 1.62. The zero-order valence-electron chi connectivity index (χ0n) is 10.3. The fraction of sp³-hybridized carbons (Fsp3) is 0.0714. The van der Waals surface area contributed by atoms with Gasteiger partial charge in [-0.3, -0.25) is 4.79 Å². The summed E-state index contributed by atoms with van der Waals surface area (Å²) in [7, 11) is 0. The van der Waals surface area contributed by atoms with Crippen molar-refractivity contribution >= 4 is 27.5 Å². The molecule has 2 aromatic rings. The Labute approximate surface area is 122 Å². The van der Waals surface area contributed by atoms with Gasteiger partial charge in [-0.2, -0.15) is 0 Å². The number of benzene rings is 2. The lowest BCUT2D eigenvalue weighted by Gasteiger charge is -2.07. The van der Waals surface area contributed by atoms with E-state index in [1.807, 2.05) is 0 Å². The lowest BCUT2D eigenvalue weighted by Crippen LogP contribution is -2.23. The number of hydrogen-bond donors (Lipinski definition) is 2. The maximum absolute atomic E-state index is 13.4. The van der Waals surface area contributed by atoms with Gasteiger partial charge in [0.05, 0.1) is 0 Å². The van der Waals surface area contributed by atoms with Gasteiger partial charge < -0.3 is 11.1 Å². The fourth-order valence-corrected chi connectivity index (χ4v) is 2.00. The standard InChI is InChI=1S/C14H11BrF2N2O/c15-11-6-8(1-4-13(11)18)14(20)19-7-9-5-10(16)2-3-12(9)17/h1-6H,7,18H2,(H,19,20). The molecule has 0 aromatic heterocycles. The second-order valence-corrected chi connectivity index (χ2v) is 5.01. The quantitative estimate of drug-likeness (QED) is 0.842. The van der Waals surface area contributed by atoms with E-state index in [2.05, 4.69) is 21.2 Å². The zero-order valence-corrected chi connectivity index (χ0v) is 11.9. The van der Waals surface area contributed by atoms with Crippen molar-refractivity contribution in [3.8, 4) is 0 Å². The number of carbonyl (C=O) groups is 1. The maximum Gasteiger partial charge on any atom is 0.251 e. The van der Waals surface area contributed by atoms with E-state index in [0.29, 0.717) is 15.7 Å². The topological polar surface area (TPSA) is 55.1 Å². The Kier molecular flexibility index (Phi) is 4.34. The van der Waals surface area contributed by atoms with Crippen LogP contribution in [0.2, 0.25) is 0 Å². The van der Waals surface area contributed by atoms with Crippen LogP contribution in [-0.2, 0) is 6.54 Å². The monoisotopic (exact) mass is 340 g/mol. The number of carbonyl (C=O) groups excluding carboxylic acids is 1. The molecule has 0 aliphatic carbocycles. The van der Waals surface area contributed by atoms with Crippen LogP contribution in [0.3, 0.4) is 0 Å². The van der Waals surface area contributed by atoms with E-state index >= 15 is 0 Å². The molecule has 20 heavy (non-hydrogen) atoms. The number of rotatable bonds is 3.